The standard InChI is InChI=1S/C16H15F2N/c1-11-2-5-16-13(8-11)6-7-19(16)10-12-3-4-14(17)15(18)9-12/h2-5,8-9H,6-7,10H2,1H3. The molecule has 0 bridgehead atoms. The van der Waals surface area contributed by atoms with Gasteiger partial charge >= 0.3 is 0 Å². The van der Waals surface area contributed by atoms with Crippen LogP contribution in [0, 0.1) is 18.6 Å². The summed E-state index contributed by atoms with van der Waals surface area (Å²) >= 11 is 0. The zero-order valence-electron chi connectivity index (χ0n) is 10.8. The van der Waals surface area contributed by atoms with Crippen LogP contribution in [0.2, 0.25) is 0 Å². The molecule has 3 heteroatoms. The van der Waals surface area contributed by atoms with Crippen molar-refractivity contribution in [3.05, 3.63) is 64.7 Å². The first kappa shape index (κ1) is 12.2. The van der Waals surface area contributed by atoms with E-state index >= 15 is 0 Å². The number of aryl methyl sites for hydroxylation is 1. The Labute approximate surface area is 111 Å². The number of nitrogens with zero attached hydrogens (tertiary/aromatic N) is 1. The highest BCUT2D eigenvalue weighted by Crippen LogP contribution is 2.30. The SMILES string of the molecule is Cc1ccc2c(c1)CCN2Cc1ccc(F)c(F)c1. The number of anilines is 1. The molecular formula is C16H15F2N. The molecule has 2 aromatic carbocycles. The molecule has 1 aliphatic heterocycles. The topological polar surface area (TPSA) is 3.24 Å². The molecule has 0 amide bonds. The summed E-state index contributed by atoms with van der Waals surface area (Å²) in [5.74, 6) is -1.57. The molecule has 0 spiro atoms. The largest absolute Gasteiger partial charge is 0.367 e. The van der Waals surface area contributed by atoms with Crippen LogP contribution in [0.1, 0.15) is 16.7 Å². The Morgan fingerprint density at radius 2 is 1.89 bits per heavy atom. The molecule has 0 saturated carbocycles. The maximum atomic E-state index is 13.2. The van der Waals surface area contributed by atoms with Crippen LogP contribution in [0.5, 0.6) is 0 Å². The van der Waals surface area contributed by atoms with Crippen LogP contribution >= 0.6 is 0 Å². The molecule has 0 saturated heterocycles. The third-order valence-corrected chi connectivity index (χ3v) is 3.58. The lowest BCUT2D eigenvalue weighted by Gasteiger charge is -2.19. The molecule has 0 atom stereocenters. The minimum Gasteiger partial charge on any atom is -0.367 e. The number of benzene rings is 2. The van der Waals surface area contributed by atoms with Gasteiger partial charge in [-0.3, -0.25) is 0 Å². The predicted octanol–water partition coefficient (Wildman–Crippen LogP) is 3.84. The summed E-state index contributed by atoms with van der Waals surface area (Å²) in [5, 5.41) is 0. The molecule has 0 N–H and O–H groups in total. The predicted molar refractivity (Wildman–Crippen MR) is 72.3 cm³/mol. The molecule has 0 aromatic heterocycles. The number of rotatable bonds is 2. The molecule has 2 aromatic rings. The van der Waals surface area contributed by atoms with Crippen LogP contribution in [0.15, 0.2) is 36.4 Å². The highest BCUT2D eigenvalue weighted by molar-refractivity contribution is 5.59. The van der Waals surface area contributed by atoms with E-state index in [1.807, 2.05) is 0 Å². The summed E-state index contributed by atoms with van der Waals surface area (Å²) in [4.78, 5) is 2.21. The van der Waals surface area contributed by atoms with E-state index in [1.165, 1.54) is 28.9 Å². The molecule has 98 valence electrons. The van der Waals surface area contributed by atoms with Gasteiger partial charge in [0.15, 0.2) is 11.6 Å². The van der Waals surface area contributed by atoms with Gasteiger partial charge in [0.25, 0.3) is 0 Å². The van der Waals surface area contributed by atoms with Gasteiger partial charge in [0.2, 0.25) is 0 Å². The van der Waals surface area contributed by atoms with E-state index in [4.69, 9.17) is 0 Å². The van der Waals surface area contributed by atoms with Crippen LogP contribution in [-0.2, 0) is 13.0 Å². The van der Waals surface area contributed by atoms with Gasteiger partial charge < -0.3 is 4.90 Å². The summed E-state index contributed by atoms with van der Waals surface area (Å²) < 4.78 is 26.1. The summed E-state index contributed by atoms with van der Waals surface area (Å²) in [7, 11) is 0. The van der Waals surface area contributed by atoms with Crippen LogP contribution in [0.3, 0.4) is 0 Å². The fourth-order valence-electron chi connectivity index (χ4n) is 2.62. The molecular weight excluding hydrogens is 244 g/mol. The van der Waals surface area contributed by atoms with E-state index in [2.05, 4.69) is 30.0 Å². The maximum Gasteiger partial charge on any atom is 0.159 e. The second-order valence-corrected chi connectivity index (χ2v) is 5.05. The van der Waals surface area contributed by atoms with Crippen molar-refractivity contribution in [2.75, 3.05) is 11.4 Å². The van der Waals surface area contributed by atoms with Gasteiger partial charge in [-0.25, -0.2) is 8.78 Å². The smallest absolute Gasteiger partial charge is 0.159 e. The summed E-state index contributed by atoms with van der Waals surface area (Å²) in [5.41, 5.74) is 4.60. The Hall–Kier alpha value is -1.90. The van der Waals surface area contributed by atoms with Gasteiger partial charge in [0.05, 0.1) is 0 Å². The summed E-state index contributed by atoms with van der Waals surface area (Å²) in [6.45, 7) is 3.63. The third kappa shape index (κ3) is 2.33. The van der Waals surface area contributed by atoms with E-state index in [0.717, 1.165) is 18.5 Å². The van der Waals surface area contributed by atoms with Crippen LogP contribution < -0.4 is 4.90 Å². The molecule has 0 radical (unpaired) electrons. The molecule has 3 rings (SSSR count). The molecule has 1 nitrogen and oxygen atoms in total. The number of hydrogen-bond acceptors (Lipinski definition) is 1. The lowest BCUT2D eigenvalue weighted by atomic mass is 10.1. The Morgan fingerprint density at radius 1 is 1.05 bits per heavy atom. The molecule has 19 heavy (non-hydrogen) atoms. The minimum atomic E-state index is -0.791. The van der Waals surface area contributed by atoms with Crippen molar-refractivity contribution in [3.63, 3.8) is 0 Å². The second kappa shape index (κ2) is 4.65. The van der Waals surface area contributed by atoms with Gasteiger partial charge in [-0.05, 0) is 42.7 Å². The molecule has 0 fully saturated rings. The van der Waals surface area contributed by atoms with Crippen molar-refractivity contribution in [2.24, 2.45) is 0 Å². The van der Waals surface area contributed by atoms with E-state index in [1.54, 1.807) is 6.07 Å². The Bertz CT molecular complexity index is 622. The molecule has 1 heterocycles. The highest BCUT2D eigenvalue weighted by Gasteiger charge is 2.19. The van der Waals surface area contributed by atoms with Crippen LogP contribution in [-0.4, -0.2) is 6.54 Å². The Morgan fingerprint density at radius 3 is 2.68 bits per heavy atom. The zero-order valence-corrected chi connectivity index (χ0v) is 10.8. The van der Waals surface area contributed by atoms with Crippen molar-refractivity contribution >= 4 is 5.69 Å². The first-order valence-electron chi connectivity index (χ1n) is 6.42. The van der Waals surface area contributed by atoms with Gasteiger partial charge in [0.1, 0.15) is 0 Å². The van der Waals surface area contributed by atoms with Gasteiger partial charge in [-0.1, -0.05) is 23.8 Å². The number of fused-ring (bicyclic) bond motifs is 1. The van der Waals surface area contributed by atoms with Gasteiger partial charge in [0, 0.05) is 18.8 Å². The van der Waals surface area contributed by atoms with Crippen LogP contribution in [0.25, 0.3) is 0 Å². The number of hydrogen-bond donors (Lipinski definition) is 0. The summed E-state index contributed by atoms with van der Waals surface area (Å²) in [6, 6.07) is 10.5. The molecule has 1 aliphatic rings. The lowest BCUT2D eigenvalue weighted by Crippen LogP contribution is -2.19. The first-order valence-corrected chi connectivity index (χ1v) is 6.42. The monoisotopic (exact) mass is 259 g/mol. The zero-order chi connectivity index (χ0) is 13.4. The quantitative estimate of drug-likeness (QED) is 0.792. The summed E-state index contributed by atoms with van der Waals surface area (Å²) in [6.07, 6.45) is 1.01. The van der Waals surface area contributed by atoms with Crippen LogP contribution in [0.4, 0.5) is 14.5 Å². The Balaban J connectivity index is 1.84. The minimum absolute atomic E-state index is 0.618. The van der Waals surface area contributed by atoms with Gasteiger partial charge in [-0.2, -0.15) is 0 Å². The van der Waals surface area contributed by atoms with Crippen molar-refractivity contribution < 1.29 is 8.78 Å². The fraction of sp³-hybridized carbons (Fsp3) is 0.250. The number of halogens is 2. The maximum absolute atomic E-state index is 13.2. The highest BCUT2D eigenvalue weighted by atomic mass is 19.2. The van der Waals surface area contributed by atoms with E-state index in [9.17, 15) is 8.78 Å². The normalized spacial score (nSPS) is 13.7. The van der Waals surface area contributed by atoms with Crippen molar-refractivity contribution in [1.82, 2.24) is 0 Å². The van der Waals surface area contributed by atoms with E-state index in [-0.39, 0.29) is 0 Å². The average molecular weight is 259 g/mol. The third-order valence-electron chi connectivity index (χ3n) is 3.58. The Kier molecular flexibility index (Phi) is 2.97. The van der Waals surface area contributed by atoms with E-state index < -0.39 is 11.6 Å². The van der Waals surface area contributed by atoms with Crippen molar-refractivity contribution in [2.45, 2.75) is 19.9 Å². The fourth-order valence-corrected chi connectivity index (χ4v) is 2.62. The second-order valence-electron chi connectivity index (χ2n) is 5.05. The van der Waals surface area contributed by atoms with Crippen molar-refractivity contribution in [1.29, 1.82) is 0 Å². The lowest BCUT2D eigenvalue weighted by molar-refractivity contribution is 0.507. The van der Waals surface area contributed by atoms with E-state index in [0.29, 0.717) is 6.54 Å². The average Bonchev–Trinajstić information content (AvgIpc) is 2.76. The first-order chi connectivity index (χ1) is 9.13. The van der Waals surface area contributed by atoms with Gasteiger partial charge in [-0.15, -0.1) is 0 Å². The van der Waals surface area contributed by atoms with Crippen molar-refractivity contribution in [3.8, 4) is 0 Å². The molecule has 0 aliphatic carbocycles. The molecule has 0 unspecified atom stereocenters.